The number of halogens is 1. The van der Waals surface area contributed by atoms with Gasteiger partial charge in [0.25, 0.3) is 5.69 Å². The van der Waals surface area contributed by atoms with E-state index >= 15 is 0 Å². The molecule has 112 valence electrons. The van der Waals surface area contributed by atoms with Crippen molar-refractivity contribution < 1.29 is 13.3 Å². The molecule has 5 nitrogen and oxygen atoms in total. The molecule has 0 N–H and O–H groups in total. The summed E-state index contributed by atoms with van der Waals surface area (Å²) in [7, 11) is -3.45. The standard InChI is InChI=1S/C13H18BrNO4S/c1-3-13(4-2,9-14)10-20(18,19)12-7-5-11(6-8-12)15(16)17/h5-8H,3-4,9-10H2,1-2H3. The van der Waals surface area contributed by atoms with Crippen LogP contribution in [0.15, 0.2) is 29.2 Å². The Balaban J connectivity index is 3.07. The van der Waals surface area contributed by atoms with Crippen LogP contribution in [-0.4, -0.2) is 24.4 Å². The first-order valence-electron chi connectivity index (χ1n) is 6.33. The molecule has 0 spiro atoms. The van der Waals surface area contributed by atoms with Crippen molar-refractivity contribution in [2.75, 3.05) is 11.1 Å². The van der Waals surface area contributed by atoms with E-state index in [1.807, 2.05) is 13.8 Å². The van der Waals surface area contributed by atoms with Gasteiger partial charge in [-0.25, -0.2) is 8.42 Å². The van der Waals surface area contributed by atoms with Crippen LogP contribution in [0.5, 0.6) is 0 Å². The van der Waals surface area contributed by atoms with Crippen LogP contribution in [0.4, 0.5) is 5.69 Å². The molecule has 0 aliphatic rings. The highest BCUT2D eigenvalue weighted by molar-refractivity contribution is 9.09. The number of nitrogens with zero attached hydrogens (tertiary/aromatic N) is 1. The topological polar surface area (TPSA) is 77.3 Å². The highest BCUT2D eigenvalue weighted by Gasteiger charge is 2.32. The van der Waals surface area contributed by atoms with E-state index in [0.717, 1.165) is 12.8 Å². The quantitative estimate of drug-likeness (QED) is 0.421. The van der Waals surface area contributed by atoms with Crippen molar-refractivity contribution in [3.63, 3.8) is 0 Å². The van der Waals surface area contributed by atoms with Gasteiger partial charge in [-0.2, -0.15) is 0 Å². The van der Waals surface area contributed by atoms with Gasteiger partial charge in [-0.3, -0.25) is 10.1 Å². The second kappa shape index (κ2) is 6.67. The maximum Gasteiger partial charge on any atom is 0.269 e. The fourth-order valence-electron chi connectivity index (χ4n) is 1.94. The van der Waals surface area contributed by atoms with Gasteiger partial charge in [-0.15, -0.1) is 0 Å². The first kappa shape index (κ1) is 17.1. The van der Waals surface area contributed by atoms with Gasteiger partial charge in [0.1, 0.15) is 0 Å². The zero-order valence-corrected chi connectivity index (χ0v) is 13.9. The average molecular weight is 364 g/mol. The fraction of sp³-hybridized carbons (Fsp3) is 0.538. The van der Waals surface area contributed by atoms with Crippen molar-refractivity contribution in [2.45, 2.75) is 31.6 Å². The number of hydrogen-bond acceptors (Lipinski definition) is 4. The summed E-state index contributed by atoms with van der Waals surface area (Å²) in [6.45, 7) is 3.94. The van der Waals surface area contributed by atoms with Gasteiger partial charge in [-0.1, -0.05) is 29.8 Å². The summed E-state index contributed by atoms with van der Waals surface area (Å²) in [5.74, 6) is 0.0378. The van der Waals surface area contributed by atoms with Gasteiger partial charge in [0.05, 0.1) is 15.6 Å². The number of nitro benzene ring substituents is 1. The summed E-state index contributed by atoms with van der Waals surface area (Å²) in [6.07, 6.45) is 1.50. The Bertz CT molecular complexity index is 556. The van der Waals surface area contributed by atoms with Gasteiger partial charge < -0.3 is 0 Å². The van der Waals surface area contributed by atoms with Crippen LogP contribution in [0, 0.1) is 15.5 Å². The lowest BCUT2D eigenvalue weighted by Gasteiger charge is -2.29. The Morgan fingerprint density at radius 1 is 1.20 bits per heavy atom. The molecule has 0 unspecified atom stereocenters. The van der Waals surface area contributed by atoms with E-state index < -0.39 is 14.8 Å². The highest BCUT2D eigenvalue weighted by atomic mass is 79.9. The number of non-ortho nitro benzene ring substituents is 1. The summed E-state index contributed by atoms with van der Waals surface area (Å²) in [4.78, 5) is 10.2. The number of benzene rings is 1. The van der Waals surface area contributed by atoms with Crippen molar-refractivity contribution in [1.29, 1.82) is 0 Å². The third-order valence-electron chi connectivity index (χ3n) is 3.69. The number of nitro groups is 1. The number of hydrogen-bond donors (Lipinski definition) is 0. The van der Waals surface area contributed by atoms with Crippen LogP contribution in [0.1, 0.15) is 26.7 Å². The second-order valence-electron chi connectivity index (χ2n) is 4.85. The Hall–Kier alpha value is -0.950. The predicted molar refractivity (Wildman–Crippen MR) is 82.0 cm³/mol. The molecule has 0 aliphatic carbocycles. The monoisotopic (exact) mass is 363 g/mol. The van der Waals surface area contributed by atoms with Crippen molar-refractivity contribution in [3.05, 3.63) is 34.4 Å². The van der Waals surface area contributed by atoms with Crippen molar-refractivity contribution in [1.82, 2.24) is 0 Å². The van der Waals surface area contributed by atoms with E-state index in [4.69, 9.17) is 0 Å². The molecule has 20 heavy (non-hydrogen) atoms. The van der Waals surface area contributed by atoms with Crippen LogP contribution >= 0.6 is 15.9 Å². The third-order valence-corrected chi connectivity index (χ3v) is 6.86. The molecule has 7 heteroatoms. The van der Waals surface area contributed by atoms with Crippen LogP contribution in [0.25, 0.3) is 0 Å². The van der Waals surface area contributed by atoms with Gasteiger partial charge in [0.2, 0.25) is 0 Å². The van der Waals surface area contributed by atoms with Crippen molar-refractivity contribution in [2.24, 2.45) is 5.41 Å². The first-order chi connectivity index (χ1) is 9.30. The van der Waals surface area contributed by atoms with E-state index in [9.17, 15) is 18.5 Å². The zero-order chi connectivity index (χ0) is 15.4. The van der Waals surface area contributed by atoms with Crippen molar-refractivity contribution in [3.8, 4) is 0 Å². The molecule has 0 fully saturated rings. The summed E-state index contributed by atoms with van der Waals surface area (Å²) in [5, 5.41) is 11.2. The molecule has 1 aromatic carbocycles. The summed E-state index contributed by atoms with van der Waals surface area (Å²) >= 11 is 3.40. The van der Waals surface area contributed by atoms with Crippen molar-refractivity contribution >= 4 is 31.5 Å². The molecule has 0 atom stereocenters. The largest absolute Gasteiger partial charge is 0.269 e. The molecular weight excluding hydrogens is 346 g/mol. The lowest BCUT2D eigenvalue weighted by Crippen LogP contribution is -2.30. The van der Waals surface area contributed by atoms with Crippen LogP contribution in [0.2, 0.25) is 0 Å². The predicted octanol–water partition coefficient (Wildman–Crippen LogP) is 3.57. The SMILES string of the molecule is CCC(CC)(CBr)CS(=O)(=O)c1ccc([N+](=O)[O-])cc1. The molecule has 0 saturated carbocycles. The molecule has 1 aromatic rings. The van der Waals surface area contributed by atoms with Gasteiger partial charge in [0, 0.05) is 17.5 Å². The minimum Gasteiger partial charge on any atom is -0.258 e. The molecule has 1 rings (SSSR count). The molecule has 0 aliphatic heterocycles. The molecule has 0 radical (unpaired) electrons. The van der Waals surface area contributed by atoms with E-state index in [-0.39, 0.29) is 21.8 Å². The molecule has 0 amide bonds. The van der Waals surface area contributed by atoms with Crippen LogP contribution in [-0.2, 0) is 9.84 Å². The second-order valence-corrected chi connectivity index (χ2v) is 7.40. The van der Waals surface area contributed by atoms with E-state index in [1.54, 1.807) is 0 Å². The fourth-order valence-corrected chi connectivity index (χ4v) is 5.23. The maximum atomic E-state index is 12.4. The van der Waals surface area contributed by atoms with Gasteiger partial charge >= 0.3 is 0 Å². The van der Waals surface area contributed by atoms with E-state index in [1.165, 1.54) is 24.3 Å². The number of alkyl halides is 1. The lowest BCUT2D eigenvalue weighted by atomic mass is 9.87. The maximum absolute atomic E-state index is 12.4. The number of sulfone groups is 1. The Kier molecular flexibility index (Phi) is 5.70. The summed E-state index contributed by atoms with van der Waals surface area (Å²) in [5.41, 5.74) is -0.415. The minimum atomic E-state index is -3.45. The van der Waals surface area contributed by atoms with E-state index in [2.05, 4.69) is 15.9 Å². The molecule has 0 saturated heterocycles. The summed E-state index contributed by atoms with van der Waals surface area (Å²) in [6, 6.07) is 5.05. The average Bonchev–Trinajstić information content (AvgIpc) is 2.45. The number of rotatable bonds is 7. The van der Waals surface area contributed by atoms with Gasteiger partial charge in [0.15, 0.2) is 9.84 Å². The highest BCUT2D eigenvalue weighted by Crippen LogP contribution is 2.33. The molecule has 0 aromatic heterocycles. The van der Waals surface area contributed by atoms with E-state index in [0.29, 0.717) is 5.33 Å². The molecular formula is C13H18BrNO4S. The zero-order valence-electron chi connectivity index (χ0n) is 11.5. The lowest BCUT2D eigenvalue weighted by molar-refractivity contribution is -0.384. The molecule has 0 heterocycles. The summed E-state index contributed by atoms with van der Waals surface area (Å²) < 4.78 is 24.8. The minimum absolute atomic E-state index is 0.0378. The molecule has 0 bridgehead atoms. The Labute approximate surface area is 127 Å². The first-order valence-corrected chi connectivity index (χ1v) is 9.11. The smallest absolute Gasteiger partial charge is 0.258 e. The third kappa shape index (κ3) is 3.79. The van der Waals surface area contributed by atoms with Crippen LogP contribution < -0.4 is 0 Å². The normalized spacial score (nSPS) is 12.3. The Morgan fingerprint density at radius 2 is 1.70 bits per heavy atom. The van der Waals surface area contributed by atoms with Crippen LogP contribution in [0.3, 0.4) is 0 Å². The Morgan fingerprint density at radius 3 is 2.05 bits per heavy atom. The van der Waals surface area contributed by atoms with Gasteiger partial charge in [-0.05, 0) is 30.4 Å².